The molecule has 1 saturated heterocycles. The quantitative estimate of drug-likeness (QED) is 0.297. The van der Waals surface area contributed by atoms with Crippen LogP contribution in [-0.4, -0.2) is 70.5 Å². The second kappa shape index (κ2) is 13.9. The van der Waals surface area contributed by atoms with E-state index in [9.17, 15) is 0 Å². The topological polar surface area (TPSA) is 67.4 Å². The van der Waals surface area contributed by atoms with Crippen LogP contribution in [0.2, 0.25) is 0 Å². The molecule has 1 heterocycles. The smallest absolute Gasteiger partial charge is 0.191 e. The van der Waals surface area contributed by atoms with Gasteiger partial charge in [0.15, 0.2) is 5.96 Å². The number of ether oxygens (including phenoxy) is 3. The van der Waals surface area contributed by atoms with Crippen LogP contribution in [0.1, 0.15) is 26.3 Å². The highest BCUT2D eigenvalue weighted by Crippen LogP contribution is 2.25. The Balaban J connectivity index is 0.00000420. The lowest BCUT2D eigenvalue weighted by Gasteiger charge is -2.37. The summed E-state index contributed by atoms with van der Waals surface area (Å²) in [5, 5.41) is 6.86. The number of nitrogens with one attached hydrogen (secondary N) is 2. The fourth-order valence-electron chi connectivity index (χ4n) is 3.39. The van der Waals surface area contributed by atoms with Gasteiger partial charge in [0.25, 0.3) is 0 Å². The number of methoxy groups -OCH3 is 2. The zero-order valence-corrected chi connectivity index (χ0v) is 20.7. The highest BCUT2D eigenvalue weighted by atomic mass is 127. The molecule has 2 N–H and O–H groups in total. The van der Waals surface area contributed by atoms with Crippen molar-refractivity contribution in [3.8, 4) is 11.5 Å². The molecule has 0 saturated carbocycles. The molecule has 7 nitrogen and oxygen atoms in total. The third-order valence-corrected chi connectivity index (χ3v) is 5.01. The largest absolute Gasteiger partial charge is 0.497 e. The Bertz CT molecular complexity index is 622. The molecular formula is C21H37IN4O3. The first-order valence-electron chi connectivity index (χ1n) is 10.1. The molecule has 0 aromatic heterocycles. The van der Waals surface area contributed by atoms with Crippen LogP contribution < -0.4 is 20.1 Å². The molecule has 1 unspecified atom stereocenters. The van der Waals surface area contributed by atoms with E-state index in [1.165, 1.54) is 0 Å². The molecular weight excluding hydrogens is 483 g/mol. The van der Waals surface area contributed by atoms with E-state index in [0.717, 1.165) is 62.4 Å². The van der Waals surface area contributed by atoms with Crippen molar-refractivity contribution in [3.63, 3.8) is 0 Å². The van der Waals surface area contributed by atoms with Crippen LogP contribution in [0.3, 0.4) is 0 Å². The van der Waals surface area contributed by atoms with E-state index >= 15 is 0 Å². The van der Waals surface area contributed by atoms with Gasteiger partial charge in [-0.1, -0.05) is 13.8 Å². The van der Waals surface area contributed by atoms with Gasteiger partial charge in [-0.3, -0.25) is 4.90 Å². The second-order valence-corrected chi connectivity index (χ2v) is 7.21. The minimum Gasteiger partial charge on any atom is -0.497 e. The summed E-state index contributed by atoms with van der Waals surface area (Å²) in [4.78, 5) is 7.27. The molecule has 0 aliphatic carbocycles. The molecule has 0 amide bonds. The fraction of sp³-hybridized carbons (Fsp3) is 0.667. The molecule has 1 aliphatic heterocycles. The molecule has 0 spiro atoms. The Kier molecular flexibility index (Phi) is 12.3. The summed E-state index contributed by atoms with van der Waals surface area (Å²) in [5.74, 6) is 2.93. The number of rotatable bonds is 9. The number of nitrogens with zero attached hydrogens (tertiary/aromatic N) is 2. The van der Waals surface area contributed by atoms with Crippen molar-refractivity contribution in [2.75, 3.05) is 53.6 Å². The van der Waals surface area contributed by atoms with Crippen molar-refractivity contribution in [3.05, 3.63) is 23.8 Å². The van der Waals surface area contributed by atoms with Crippen molar-refractivity contribution < 1.29 is 14.2 Å². The molecule has 1 aromatic rings. The third kappa shape index (κ3) is 8.18. The van der Waals surface area contributed by atoms with E-state index in [2.05, 4.69) is 36.3 Å². The van der Waals surface area contributed by atoms with Crippen LogP contribution in [0, 0.1) is 5.92 Å². The van der Waals surface area contributed by atoms with E-state index in [1.807, 2.05) is 18.2 Å². The minimum absolute atomic E-state index is 0. The van der Waals surface area contributed by atoms with Crippen LogP contribution >= 0.6 is 24.0 Å². The molecule has 2 rings (SSSR count). The number of halogens is 1. The van der Waals surface area contributed by atoms with Crippen LogP contribution in [0.4, 0.5) is 0 Å². The Morgan fingerprint density at radius 1 is 1.17 bits per heavy atom. The maximum atomic E-state index is 5.50. The number of aliphatic imine (C=N–C) groups is 1. The number of hydrogen-bond acceptors (Lipinski definition) is 5. The first-order valence-corrected chi connectivity index (χ1v) is 10.1. The molecule has 1 atom stereocenters. The summed E-state index contributed by atoms with van der Waals surface area (Å²) in [7, 11) is 3.32. The SMILES string of the molecule is CCNC(=NCc1ccc(OC)cc1OC)NCC(C(C)C)N1CCOCC1.I. The molecule has 8 heteroatoms. The third-order valence-electron chi connectivity index (χ3n) is 5.01. The van der Waals surface area contributed by atoms with E-state index in [4.69, 9.17) is 19.2 Å². The number of guanidine groups is 1. The normalized spacial score (nSPS) is 16.1. The fourth-order valence-corrected chi connectivity index (χ4v) is 3.39. The summed E-state index contributed by atoms with van der Waals surface area (Å²) < 4.78 is 16.2. The minimum atomic E-state index is 0. The standard InChI is InChI=1S/C21H36N4O3.HI/c1-6-22-21(23-14-17-7-8-18(26-4)13-20(17)27-5)24-15-19(16(2)3)25-9-11-28-12-10-25;/h7-8,13,16,19H,6,9-12,14-15H2,1-5H3,(H2,22,23,24);1H. The van der Waals surface area contributed by atoms with Crippen molar-refractivity contribution in [1.82, 2.24) is 15.5 Å². The van der Waals surface area contributed by atoms with Crippen LogP contribution in [0.15, 0.2) is 23.2 Å². The lowest BCUT2D eigenvalue weighted by molar-refractivity contribution is 0.00752. The van der Waals surface area contributed by atoms with Gasteiger partial charge in [-0.15, -0.1) is 24.0 Å². The molecule has 166 valence electrons. The van der Waals surface area contributed by atoms with E-state index in [0.29, 0.717) is 18.5 Å². The lowest BCUT2D eigenvalue weighted by atomic mass is 10.0. The van der Waals surface area contributed by atoms with Crippen molar-refractivity contribution in [2.24, 2.45) is 10.9 Å². The van der Waals surface area contributed by atoms with Gasteiger partial charge >= 0.3 is 0 Å². The maximum absolute atomic E-state index is 5.50. The van der Waals surface area contributed by atoms with Gasteiger partial charge in [0, 0.05) is 43.9 Å². The van der Waals surface area contributed by atoms with Gasteiger partial charge in [0.05, 0.1) is 34.0 Å². The summed E-state index contributed by atoms with van der Waals surface area (Å²) in [6.07, 6.45) is 0. The zero-order valence-electron chi connectivity index (χ0n) is 18.4. The maximum Gasteiger partial charge on any atom is 0.191 e. The van der Waals surface area contributed by atoms with E-state index < -0.39 is 0 Å². The molecule has 1 aliphatic rings. The average Bonchev–Trinajstić information content (AvgIpc) is 2.72. The Labute approximate surface area is 192 Å². The number of hydrogen-bond donors (Lipinski definition) is 2. The van der Waals surface area contributed by atoms with Crippen molar-refractivity contribution in [1.29, 1.82) is 0 Å². The summed E-state index contributed by atoms with van der Waals surface area (Å²) in [6.45, 7) is 12.4. The van der Waals surface area contributed by atoms with Gasteiger partial charge in [0.2, 0.25) is 0 Å². The number of benzene rings is 1. The second-order valence-electron chi connectivity index (χ2n) is 7.21. The zero-order chi connectivity index (χ0) is 20.4. The van der Waals surface area contributed by atoms with Crippen LogP contribution in [-0.2, 0) is 11.3 Å². The van der Waals surface area contributed by atoms with Gasteiger partial charge < -0.3 is 24.8 Å². The monoisotopic (exact) mass is 520 g/mol. The Morgan fingerprint density at radius 3 is 2.48 bits per heavy atom. The first-order chi connectivity index (χ1) is 13.6. The van der Waals surface area contributed by atoms with E-state index in [-0.39, 0.29) is 24.0 Å². The molecule has 1 aromatic carbocycles. The lowest BCUT2D eigenvalue weighted by Crippen LogP contribution is -2.52. The van der Waals surface area contributed by atoms with Gasteiger partial charge in [-0.25, -0.2) is 4.99 Å². The average molecular weight is 520 g/mol. The van der Waals surface area contributed by atoms with Gasteiger partial charge in [-0.2, -0.15) is 0 Å². The van der Waals surface area contributed by atoms with Gasteiger partial charge in [-0.05, 0) is 25.0 Å². The number of morpholine rings is 1. The van der Waals surface area contributed by atoms with Crippen LogP contribution in [0.5, 0.6) is 11.5 Å². The Morgan fingerprint density at radius 2 is 1.90 bits per heavy atom. The van der Waals surface area contributed by atoms with Crippen LogP contribution in [0.25, 0.3) is 0 Å². The summed E-state index contributed by atoms with van der Waals surface area (Å²) in [6, 6.07) is 6.26. The first kappa shape index (κ1) is 25.8. The highest BCUT2D eigenvalue weighted by molar-refractivity contribution is 14.0. The predicted molar refractivity (Wildman–Crippen MR) is 129 cm³/mol. The van der Waals surface area contributed by atoms with E-state index in [1.54, 1.807) is 14.2 Å². The molecule has 0 bridgehead atoms. The van der Waals surface area contributed by atoms with Crippen molar-refractivity contribution in [2.45, 2.75) is 33.4 Å². The molecule has 0 radical (unpaired) electrons. The summed E-state index contributed by atoms with van der Waals surface area (Å²) >= 11 is 0. The summed E-state index contributed by atoms with van der Waals surface area (Å²) in [5.41, 5.74) is 1.02. The Hall–Kier alpha value is -1.26. The van der Waals surface area contributed by atoms with Gasteiger partial charge in [0.1, 0.15) is 11.5 Å². The van der Waals surface area contributed by atoms with Crippen molar-refractivity contribution >= 4 is 29.9 Å². The molecule has 29 heavy (non-hydrogen) atoms. The molecule has 1 fully saturated rings. The predicted octanol–water partition coefficient (Wildman–Crippen LogP) is 2.73. The highest BCUT2D eigenvalue weighted by Gasteiger charge is 2.23.